The van der Waals surface area contributed by atoms with Gasteiger partial charge in [0.2, 0.25) is 0 Å². The third-order valence-corrected chi connectivity index (χ3v) is 5.85. The monoisotopic (exact) mass is 453 g/mol. The molecular weight excluding hydrogens is 434 g/mol. The molecule has 0 saturated heterocycles. The van der Waals surface area contributed by atoms with E-state index >= 15 is 0 Å². The molecular formula is C28H20ClNO3. The fourth-order valence-corrected chi connectivity index (χ4v) is 4.21. The zero-order valence-corrected chi connectivity index (χ0v) is 18.4. The van der Waals surface area contributed by atoms with E-state index < -0.39 is 12.1 Å². The smallest absolute Gasteiger partial charge is 0.329 e. The molecule has 4 aromatic rings. The molecule has 1 aliphatic carbocycles. The molecule has 0 fully saturated rings. The minimum Gasteiger partial charge on any atom is -0.480 e. The van der Waals surface area contributed by atoms with E-state index in [0.29, 0.717) is 5.02 Å². The average Bonchev–Trinajstić information content (AvgIpc) is 2.97. The molecule has 1 N–H and O–H groups in total. The number of pyridine rings is 1. The summed E-state index contributed by atoms with van der Waals surface area (Å²) in [6.07, 6.45) is 7.55. The second-order valence-electron chi connectivity index (χ2n) is 7.84. The van der Waals surface area contributed by atoms with E-state index in [9.17, 15) is 9.90 Å². The van der Waals surface area contributed by atoms with E-state index in [2.05, 4.69) is 4.98 Å². The first kappa shape index (κ1) is 21.1. The van der Waals surface area contributed by atoms with Gasteiger partial charge >= 0.3 is 5.97 Å². The van der Waals surface area contributed by atoms with Gasteiger partial charge in [-0.1, -0.05) is 78.4 Å². The van der Waals surface area contributed by atoms with Crippen molar-refractivity contribution in [1.29, 1.82) is 0 Å². The normalized spacial score (nSPS) is 14.8. The predicted octanol–water partition coefficient (Wildman–Crippen LogP) is 6.73. The Balaban J connectivity index is 1.51. The number of fused-ring (bicyclic) bond motifs is 3. The second-order valence-corrected chi connectivity index (χ2v) is 8.28. The number of carboxylic acids is 1. The number of rotatable bonds is 5. The Hall–Kier alpha value is -3.73. The summed E-state index contributed by atoms with van der Waals surface area (Å²) in [5, 5.41) is 10.9. The molecule has 1 aliphatic rings. The highest BCUT2D eigenvalue weighted by Gasteiger charge is 2.23. The largest absolute Gasteiger partial charge is 0.480 e. The lowest BCUT2D eigenvalue weighted by Crippen LogP contribution is -2.14. The lowest BCUT2D eigenvalue weighted by Gasteiger charge is -2.20. The van der Waals surface area contributed by atoms with Crippen molar-refractivity contribution < 1.29 is 14.6 Å². The maximum absolute atomic E-state index is 11.2. The molecule has 1 atom stereocenters. The molecule has 0 saturated carbocycles. The Morgan fingerprint density at radius 2 is 1.73 bits per heavy atom. The van der Waals surface area contributed by atoms with Crippen LogP contribution in [0.25, 0.3) is 35.2 Å². The molecule has 0 amide bonds. The van der Waals surface area contributed by atoms with Crippen molar-refractivity contribution in [3.63, 3.8) is 0 Å². The highest BCUT2D eigenvalue weighted by atomic mass is 35.5. The van der Waals surface area contributed by atoms with Gasteiger partial charge in [-0.2, -0.15) is 0 Å². The molecule has 1 aromatic heterocycles. The summed E-state index contributed by atoms with van der Waals surface area (Å²) in [4.78, 5) is 15.9. The van der Waals surface area contributed by atoms with Gasteiger partial charge in [-0.25, -0.2) is 9.78 Å². The molecule has 1 heterocycles. The standard InChI is InChI=1S/C28H20ClNO3/c29-22-12-10-21-11-14-23(30-26(21)16-22)13-6-18-5-7-20-9-8-19-3-1-2-4-24(19)28(25(20)15-18)33-17-27(31)32/h1-16,28H,17H2,(H,31,32). The van der Waals surface area contributed by atoms with Gasteiger partial charge in [0.1, 0.15) is 12.7 Å². The van der Waals surface area contributed by atoms with E-state index in [1.807, 2.05) is 97.1 Å². The second kappa shape index (κ2) is 9.02. The number of benzene rings is 3. The summed E-state index contributed by atoms with van der Waals surface area (Å²) in [6, 6.07) is 23.6. The van der Waals surface area contributed by atoms with E-state index in [1.54, 1.807) is 0 Å². The minimum absolute atomic E-state index is 0.373. The summed E-state index contributed by atoms with van der Waals surface area (Å²) in [5.74, 6) is -0.996. The van der Waals surface area contributed by atoms with E-state index in [0.717, 1.165) is 44.4 Å². The maximum Gasteiger partial charge on any atom is 0.329 e. The Morgan fingerprint density at radius 3 is 2.58 bits per heavy atom. The number of aromatic nitrogens is 1. The van der Waals surface area contributed by atoms with Gasteiger partial charge in [-0.15, -0.1) is 0 Å². The average molecular weight is 454 g/mol. The first-order valence-electron chi connectivity index (χ1n) is 10.6. The molecule has 0 aliphatic heterocycles. The Bertz CT molecular complexity index is 1420. The first-order chi connectivity index (χ1) is 16.1. The van der Waals surface area contributed by atoms with Crippen LogP contribution in [0.4, 0.5) is 0 Å². The van der Waals surface area contributed by atoms with Crippen molar-refractivity contribution in [2.45, 2.75) is 6.10 Å². The number of aliphatic carboxylic acids is 1. The van der Waals surface area contributed by atoms with Crippen LogP contribution >= 0.6 is 11.6 Å². The summed E-state index contributed by atoms with van der Waals surface area (Å²) < 4.78 is 5.87. The molecule has 4 nitrogen and oxygen atoms in total. The minimum atomic E-state index is -0.996. The van der Waals surface area contributed by atoms with Crippen LogP contribution in [0, 0.1) is 0 Å². The van der Waals surface area contributed by atoms with Crippen LogP contribution in [0.3, 0.4) is 0 Å². The number of ether oxygens (including phenoxy) is 1. The highest BCUT2D eigenvalue weighted by Crippen LogP contribution is 2.36. The lowest BCUT2D eigenvalue weighted by molar-refractivity contribution is -0.143. The highest BCUT2D eigenvalue weighted by molar-refractivity contribution is 6.31. The fourth-order valence-electron chi connectivity index (χ4n) is 4.04. The van der Waals surface area contributed by atoms with E-state index in [-0.39, 0.29) is 6.61 Å². The van der Waals surface area contributed by atoms with Gasteiger partial charge in [-0.3, -0.25) is 0 Å². The lowest BCUT2D eigenvalue weighted by atomic mass is 9.94. The zero-order chi connectivity index (χ0) is 22.8. The van der Waals surface area contributed by atoms with Crippen LogP contribution in [-0.2, 0) is 9.53 Å². The molecule has 0 spiro atoms. The van der Waals surface area contributed by atoms with Gasteiger partial charge in [0.15, 0.2) is 0 Å². The summed E-state index contributed by atoms with van der Waals surface area (Å²) in [7, 11) is 0. The van der Waals surface area contributed by atoms with Crippen molar-refractivity contribution in [1.82, 2.24) is 4.98 Å². The van der Waals surface area contributed by atoms with Crippen LogP contribution in [0.15, 0.2) is 72.8 Å². The number of halogens is 1. The Kier molecular flexibility index (Phi) is 5.78. The van der Waals surface area contributed by atoms with Crippen molar-refractivity contribution in [2.75, 3.05) is 6.61 Å². The quantitative estimate of drug-likeness (QED) is 0.364. The molecule has 1 unspecified atom stereocenters. The van der Waals surface area contributed by atoms with Crippen LogP contribution in [0.1, 0.15) is 39.6 Å². The van der Waals surface area contributed by atoms with Crippen molar-refractivity contribution in [3.8, 4) is 0 Å². The van der Waals surface area contributed by atoms with Crippen LogP contribution < -0.4 is 0 Å². The predicted molar refractivity (Wildman–Crippen MR) is 133 cm³/mol. The summed E-state index contributed by atoms with van der Waals surface area (Å²) in [6.45, 7) is -0.373. The molecule has 3 aromatic carbocycles. The van der Waals surface area contributed by atoms with Gasteiger partial charge in [0.05, 0.1) is 11.2 Å². The number of carboxylic acid groups (broad SMARTS) is 1. The third kappa shape index (κ3) is 4.58. The van der Waals surface area contributed by atoms with Crippen LogP contribution in [0.2, 0.25) is 5.02 Å². The van der Waals surface area contributed by atoms with Crippen molar-refractivity contribution in [2.24, 2.45) is 0 Å². The van der Waals surface area contributed by atoms with Gasteiger partial charge in [0, 0.05) is 10.4 Å². The molecule has 33 heavy (non-hydrogen) atoms. The van der Waals surface area contributed by atoms with Crippen LogP contribution in [0.5, 0.6) is 0 Å². The fraction of sp³-hybridized carbons (Fsp3) is 0.0714. The van der Waals surface area contributed by atoms with Crippen molar-refractivity contribution >= 4 is 52.8 Å². The van der Waals surface area contributed by atoms with Gasteiger partial charge in [-0.05, 0) is 58.2 Å². The number of nitrogens with zero attached hydrogens (tertiary/aromatic N) is 1. The van der Waals surface area contributed by atoms with Crippen molar-refractivity contribution in [3.05, 3.63) is 111 Å². The maximum atomic E-state index is 11.2. The zero-order valence-electron chi connectivity index (χ0n) is 17.6. The SMILES string of the molecule is O=C(O)COC1c2ccccc2C=Cc2ccc(C=Cc3ccc4ccc(Cl)cc4n3)cc21. The van der Waals surface area contributed by atoms with Gasteiger partial charge < -0.3 is 9.84 Å². The molecule has 0 bridgehead atoms. The summed E-state index contributed by atoms with van der Waals surface area (Å²) in [5.41, 5.74) is 6.52. The summed E-state index contributed by atoms with van der Waals surface area (Å²) >= 11 is 6.11. The molecule has 5 heteroatoms. The Labute approximate surface area is 196 Å². The topological polar surface area (TPSA) is 59.4 Å². The Morgan fingerprint density at radius 1 is 0.939 bits per heavy atom. The van der Waals surface area contributed by atoms with E-state index in [4.69, 9.17) is 16.3 Å². The molecule has 5 rings (SSSR count). The number of hydrogen-bond donors (Lipinski definition) is 1. The van der Waals surface area contributed by atoms with Crippen LogP contribution in [-0.4, -0.2) is 22.7 Å². The number of hydrogen-bond acceptors (Lipinski definition) is 3. The van der Waals surface area contributed by atoms with E-state index in [1.165, 1.54) is 0 Å². The number of carbonyl (C=O) groups is 1. The third-order valence-electron chi connectivity index (χ3n) is 5.61. The first-order valence-corrected chi connectivity index (χ1v) is 10.9. The molecule has 162 valence electrons. The molecule has 0 radical (unpaired) electrons. The van der Waals surface area contributed by atoms with Gasteiger partial charge in [0.25, 0.3) is 0 Å².